The summed E-state index contributed by atoms with van der Waals surface area (Å²) in [6, 6.07) is 5.18. The molecule has 130 valence electrons. The number of hydrogen-bond acceptors (Lipinski definition) is 8. The van der Waals surface area contributed by atoms with Crippen LogP contribution >= 0.6 is 23.1 Å². The SMILES string of the molecule is COc1cccc2c1OC(=O)[C@]1(CC(=O)[O-])CSc3[nH]c(=O)sc3[C@H]21. The molecule has 2 aliphatic rings. The monoisotopic (exact) mass is 378 g/mol. The van der Waals surface area contributed by atoms with E-state index in [0.717, 1.165) is 11.3 Å². The van der Waals surface area contributed by atoms with Crippen LogP contribution in [0.15, 0.2) is 28.0 Å². The largest absolute Gasteiger partial charge is 0.550 e. The maximum absolute atomic E-state index is 12.9. The first kappa shape index (κ1) is 16.2. The van der Waals surface area contributed by atoms with E-state index in [1.54, 1.807) is 18.2 Å². The topological polar surface area (TPSA) is 109 Å². The molecule has 0 aliphatic carbocycles. The summed E-state index contributed by atoms with van der Waals surface area (Å²) in [6.45, 7) is 0. The molecule has 2 atom stereocenters. The molecule has 0 amide bonds. The smallest absolute Gasteiger partial charge is 0.319 e. The molecule has 9 heteroatoms. The molecular formula is C16H12NO6S2-. The number of carbonyl (C=O) groups is 2. The second-order valence-electron chi connectivity index (χ2n) is 5.90. The first-order valence-corrected chi connectivity index (χ1v) is 9.21. The lowest BCUT2D eigenvalue weighted by atomic mass is 9.68. The number of thiazole rings is 1. The van der Waals surface area contributed by atoms with Crippen molar-refractivity contribution in [1.29, 1.82) is 0 Å². The van der Waals surface area contributed by atoms with Crippen molar-refractivity contribution in [3.05, 3.63) is 38.3 Å². The summed E-state index contributed by atoms with van der Waals surface area (Å²) in [5.41, 5.74) is -0.682. The molecular weight excluding hydrogens is 366 g/mol. The summed E-state index contributed by atoms with van der Waals surface area (Å²) in [4.78, 5) is 39.3. The lowest BCUT2D eigenvalue weighted by Gasteiger charge is -2.44. The maximum atomic E-state index is 12.9. The fraction of sp³-hybridized carbons (Fsp3) is 0.312. The number of hydrogen-bond donors (Lipinski definition) is 1. The van der Waals surface area contributed by atoms with Crippen molar-refractivity contribution < 1.29 is 24.2 Å². The quantitative estimate of drug-likeness (QED) is 0.619. The zero-order valence-electron chi connectivity index (χ0n) is 13.0. The molecule has 1 aromatic carbocycles. The molecule has 0 fully saturated rings. The number of thioether (sulfide) groups is 1. The van der Waals surface area contributed by atoms with Crippen LogP contribution in [-0.4, -0.2) is 29.8 Å². The Hall–Kier alpha value is -2.26. The van der Waals surface area contributed by atoms with Gasteiger partial charge >= 0.3 is 10.8 Å². The highest BCUT2D eigenvalue weighted by molar-refractivity contribution is 7.99. The molecule has 7 nitrogen and oxygen atoms in total. The number of H-pyrrole nitrogens is 1. The number of aromatic amines is 1. The standard InChI is InChI=1S/C16H13NO6S2/c1-22-8-4-2-3-7-10-12-13(17-15(21)25-12)24-6-16(10,5-9(18)19)14(20)23-11(7)8/h2-4,10H,5-6H2,1H3,(H,17,21)(H,18,19)/p-1/t10-,16+/m0/s1. The Labute approximate surface area is 150 Å². The van der Waals surface area contributed by atoms with E-state index >= 15 is 0 Å². The molecule has 25 heavy (non-hydrogen) atoms. The summed E-state index contributed by atoms with van der Waals surface area (Å²) >= 11 is 2.24. The third-order valence-corrected chi connectivity index (χ3v) is 6.88. The van der Waals surface area contributed by atoms with E-state index in [4.69, 9.17) is 9.47 Å². The Kier molecular flexibility index (Phi) is 3.66. The lowest BCUT2D eigenvalue weighted by molar-refractivity contribution is -0.308. The number of nitrogens with one attached hydrogen (secondary N) is 1. The number of carboxylic acids is 1. The number of carboxylic acid groups (broad SMARTS) is 1. The van der Waals surface area contributed by atoms with Crippen molar-refractivity contribution in [3.63, 3.8) is 0 Å². The van der Waals surface area contributed by atoms with Gasteiger partial charge in [-0.1, -0.05) is 23.5 Å². The molecule has 1 aromatic heterocycles. The average Bonchev–Trinajstić information content (AvgIpc) is 2.94. The highest BCUT2D eigenvalue weighted by Crippen LogP contribution is 2.59. The minimum Gasteiger partial charge on any atom is -0.550 e. The van der Waals surface area contributed by atoms with Crippen molar-refractivity contribution in [2.75, 3.05) is 12.9 Å². The van der Waals surface area contributed by atoms with Crippen LogP contribution in [0.25, 0.3) is 0 Å². The van der Waals surface area contributed by atoms with Gasteiger partial charge in [-0.25, -0.2) is 0 Å². The van der Waals surface area contributed by atoms with Crippen molar-refractivity contribution in [2.45, 2.75) is 17.4 Å². The highest BCUT2D eigenvalue weighted by Gasteiger charge is 2.56. The Morgan fingerprint density at radius 3 is 3.00 bits per heavy atom. The fourth-order valence-electron chi connectivity index (χ4n) is 3.48. The minimum atomic E-state index is -1.33. The number of esters is 1. The Balaban J connectivity index is 2.01. The van der Waals surface area contributed by atoms with Crippen LogP contribution in [0.5, 0.6) is 11.5 Å². The van der Waals surface area contributed by atoms with Crippen LogP contribution in [0, 0.1) is 5.41 Å². The molecule has 0 bridgehead atoms. The molecule has 3 heterocycles. The molecule has 0 saturated heterocycles. The number of ether oxygens (including phenoxy) is 2. The highest BCUT2D eigenvalue weighted by atomic mass is 32.2. The molecule has 4 rings (SSSR count). The Morgan fingerprint density at radius 1 is 1.48 bits per heavy atom. The summed E-state index contributed by atoms with van der Waals surface area (Å²) in [5, 5.41) is 12.1. The van der Waals surface area contributed by atoms with Crippen molar-refractivity contribution >= 4 is 35.0 Å². The summed E-state index contributed by atoms with van der Waals surface area (Å²) in [5.74, 6) is -1.74. The van der Waals surface area contributed by atoms with Gasteiger partial charge < -0.3 is 24.4 Å². The third kappa shape index (κ3) is 2.30. The molecule has 0 unspecified atom stereocenters. The predicted molar refractivity (Wildman–Crippen MR) is 88.2 cm³/mol. The summed E-state index contributed by atoms with van der Waals surface area (Å²) in [6.07, 6.45) is -0.480. The number of carbonyl (C=O) groups excluding carboxylic acids is 2. The number of para-hydroxylation sites is 1. The number of aliphatic carboxylic acids is 1. The normalized spacial score (nSPS) is 23.9. The van der Waals surface area contributed by atoms with E-state index in [9.17, 15) is 19.5 Å². The van der Waals surface area contributed by atoms with Crippen LogP contribution in [0.3, 0.4) is 0 Å². The van der Waals surface area contributed by atoms with Gasteiger partial charge in [0.15, 0.2) is 11.5 Å². The van der Waals surface area contributed by atoms with Gasteiger partial charge in [0.25, 0.3) is 0 Å². The van der Waals surface area contributed by atoms with Crippen LogP contribution in [0.2, 0.25) is 0 Å². The number of aromatic nitrogens is 1. The molecule has 1 N–H and O–H groups in total. The number of rotatable bonds is 3. The Bertz CT molecular complexity index is 948. The van der Waals surface area contributed by atoms with Crippen LogP contribution in [-0.2, 0) is 9.59 Å². The van der Waals surface area contributed by atoms with Crippen LogP contribution < -0.4 is 19.5 Å². The van der Waals surface area contributed by atoms with E-state index < -0.39 is 29.7 Å². The number of methoxy groups -OCH3 is 1. The van der Waals surface area contributed by atoms with E-state index in [2.05, 4.69) is 4.98 Å². The van der Waals surface area contributed by atoms with Crippen molar-refractivity contribution in [3.8, 4) is 11.5 Å². The summed E-state index contributed by atoms with van der Waals surface area (Å²) in [7, 11) is 1.46. The third-order valence-electron chi connectivity index (χ3n) is 4.53. The van der Waals surface area contributed by atoms with E-state index in [0.29, 0.717) is 21.2 Å². The maximum Gasteiger partial charge on any atom is 0.319 e. The second-order valence-corrected chi connectivity index (χ2v) is 7.90. The second kappa shape index (κ2) is 5.63. The number of fused-ring (bicyclic) bond motifs is 5. The lowest BCUT2D eigenvalue weighted by Crippen LogP contribution is -2.50. The van der Waals surface area contributed by atoms with Gasteiger partial charge in [0.05, 0.1) is 17.6 Å². The Morgan fingerprint density at radius 2 is 2.28 bits per heavy atom. The average molecular weight is 378 g/mol. The first-order chi connectivity index (χ1) is 12.0. The van der Waals surface area contributed by atoms with E-state index in [1.165, 1.54) is 18.9 Å². The zero-order chi connectivity index (χ0) is 17.8. The number of benzene rings is 1. The predicted octanol–water partition coefficient (Wildman–Crippen LogP) is 0.728. The van der Waals surface area contributed by atoms with Crippen molar-refractivity contribution in [2.24, 2.45) is 5.41 Å². The van der Waals surface area contributed by atoms with Crippen LogP contribution in [0.4, 0.5) is 0 Å². The van der Waals surface area contributed by atoms with Crippen molar-refractivity contribution in [1.82, 2.24) is 4.98 Å². The van der Waals surface area contributed by atoms with Crippen LogP contribution in [0.1, 0.15) is 22.8 Å². The minimum absolute atomic E-state index is 0.181. The van der Waals surface area contributed by atoms with Gasteiger partial charge in [-0.15, -0.1) is 11.8 Å². The zero-order valence-corrected chi connectivity index (χ0v) is 14.6. The summed E-state index contributed by atoms with van der Waals surface area (Å²) < 4.78 is 10.8. The van der Waals surface area contributed by atoms with Gasteiger partial charge in [-0.05, 0) is 6.07 Å². The molecule has 0 spiro atoms. The van der Waals surface area contributed by atoms with Gasteiger partial charge in [-0.3, -0.25) is 9.59 Å². The molecule has 2 aliphatic heterocycles. The molecule has 2 aromatic rings. The fourth-order valence-corrected chi connectivity index (χ4v) is 6.03. The van der Waals surface area contributed by atoms with E-state index in [1.807, 2.05) is 0 Å². The van der Waals surface area contributed by atoms with E-state index in [-0.39, 0.29) is 16.4 Å². The molecule has 0 saturated carbocycles. The first-order valence-electron chi connectivity index (χ1n) is 7.41. The van der Waals surface area contributed by atoms with Gasteiger partial charge in [-0.2, -0.15) is 0 Å². The van der Waals surface area contributed by atoms with Gasteiger partial charge in [0.2, 0.25) is 0 Å². The van der Waals surface area contributed by atoms with Gasteiger partial charge in [0, 0.05) is 34.5 Å². The molecule has 0 radical (unpaired) electrons. The van der Waals surface area contributed by atoms with Gasteiger partial charge in [0.1, 0.15) is 0 Å².